The number of nitrogens with one attached hydrogen (secondary N) is 1. The van der Waals surface area contributed by atoms with Gasteiger partial charge in [-0.25, -0.2) is 9.97 Å². The van der Waals surface area contributed by atoms with Gasteiger partial charge < -0.3 is 19.4 Å². The van der Waals surface area contributed by atoms with Crippen molar-refractivity contribution in [3.63, 3.8) is 0 Å². The van der Waals surface area contributed by atoms with Gasteiger partial charge in [-0.15, -0.1) is 0 Å². The molecule has 4 heterocycles. The molecule has 1 N–H and O–H groups in total. The Labute approximate surface area is 239 Å². The standard InChI is InChI=1S/C30H33N7O3Si/c1-6-27(38)34-24-8-7-9-25(13-24)40-28-17-32-30-29(35-28)26(19-37(30)20-39-10-11-41(3,4)5)22-12-21(14-31-15-22)23-16-33-36(2)18-23/h6-9,12-19H,1,10-11,20H2,2-5H3,(H,34,38). The first-order valence-corrected chi connectivity index (χ1v) is 17.0. The van der Waals surface area contributed by atoms with Gasteiger partial charge in [0.25, 0.3) is 0 Å². The number of ether oxygens (including phenoxy) is 2. The molecule has 0 fully saturated rings. The quantitative estimate of drug-likeness (QED) is 0.116. The molecule has 0 aliphatic carbocycles. The molecule has 0 saturated heterocycles. The van der Waals surface area contributed by atoms with Crippen molar-refractivity contribution < 1.29 is 14.3 Å². The van der Waals surface area contributed by atoms with Gasteiger partial charge in [0.15, 0.2) is 5.65 Å². The molecule has 0 atom stereocenters. The topological polar surface area (TPSA) is 109 Å². The summed E-state index contributed by atoms with van der Waals surface area (Å²) in [5, 5.41) is 7.03. The molecule has 0 aliphatic rings. The van der Waals surface area contributed by atoms with E-state index in [9.17, 15) is 4.79 Å². The summed E-state index contributed by atoms with van der Waals surface area (Å²) in [6.45, 7) is 11.5. The Morgan fingerprint density at radius 1 is 1.07 bits per heavy atom. The van der Waals surface area contributed by atoms with Crippen LogP contribution in [0.1, 0.15) is 0 Å². The van der Waals surface area contributed by atoms with Gasteiger partial charge in [0, 0.05) is 80.5 Å². The van der Waals surface area contributed by atoms with Gasteiger partial charge in [-0.2, -0.15) is 5.10 Å². The van der Waals surface area contributed by atoms with Crippen LogP contribution in [0.15, 0.2) is 80.2 Å². The second-order valence-corrected chi connectivity index (χ2v) is 16.6. The largest absolute Gasteiger partial charge is 0.437 e. The van der Waals surface area contributed by atoms with Crippen LogP contribution in [0, 0.1) is 0 Å². The van der Waals surface area contributed by atoms with Crippen molar-refractivity contribution in [3.8, 4) is 33.9 Å². The predicted molar refractivity (Wildman–Crippen MR) is 162 cm³/mol. The third-order valence-electron chi connectivity index (χ3n) is 6.37. The molecule has 210 valence electrons. The molecule has 10 nitrogen and oxygen atoms in total. The smallest absolute Gasteiger partial charge is 0.247 e. The van der Waals surface area contributed by atoms with Crippen LogP contribution in [0.5, 0.6) is 11.6 Å². The van der Waals surface area contributed by atoms with E-state index in [-0.39, 0.29) is 5.91 Å². The van der Waals surface area contributed by atoms with Crippen molar-refractivity contribution in [3.05, 3.63) is 80.2 Å². The molecule has 0 unspecified atom stereocenters. The first-order valence-electron chi connectivity index (χ1n) is 13.3. The number of hydrogen-bond acceptors (Lipinski definition) is 7. The Kier molecular flexibility index (Phi) is 8.08. The summed E-state index contributed by atoms with van der Waals surface area (Å²) in [4.78, 5) is 25.8. The summed E-state index contributed by atoms with van der Waals surface area (Å²) in [5.74, 6) is 0.527. The normalized spacial score (nSPS) is 11.5. The third-order valence-corrected chi connectivity index (χ3v) is 8.07. The van der Waals surface area contributed by atoms with Gasteiger partial charge in [0.1, 0.15) is 18.0 Å². The summed E-state index contributed by atoms with van der Waals surface area (Å²) in [6.07, 6.45) is 12.2. The number of anilines is 1. The fraction of sp³-hybridized carbons (Fsp3) is 0.233. The van der Waals surface area contributed by atoms with E-state index in [0.29, 0.717) is 41.8 Å². The van der Waals surface area contributed by atoms with E-state index < -0.39 is 8.07 Å². The molecule has 0 radical (unpaired) electrons. The molecule has 1 aromatic carbocycles. The maximum atomic E-state index is 11.7. The Balaban J connectivity index is 1.49. The van der Waals surface area contributed by atoms with E-state index >= 15 is 0 Å². The predicted octanol–water partition coefficient (Wildman–Crippen LogP) is 6.12. The van der Waals surface area contributed by atoms with Crippen LogP contribution < -0.4 is 10.1 Å². The van der Waals surface area contributed by atoms with Gasteiger partial charge in [-0.1, -0.05) is 32.3 Å². The summed E-state index contributed by atoms with van der Waals surface area (Å²) in [6, 6.07) is 10.2. The maximum Gasteiger partial charge on any atom is 0.247 e. The number of carbonyl (C=O) groups is 1. The number of amides is 1. The zero-order valence-corrected chi connectivity index (χ0v) is 24.7. The molecular formula is C30H33N7O3Si. The van der Waals surface area contributed by atoms with Crippen LogP contribution in [0.4, 0.5) is 5.69 Å². The van der Waals surface area contributed by atoms with E-state index in [1.165, 1.54) is 6.08 Å². The monoisotopic (exact) mass is 567 g/mol. The first-order chi connectivity index (χ1) is 19.7. The minimum Gasteiger partial charge on any atom is -0.437 e. The van der Waals surface area contributed by atoms with Crippen LogP contribution >= 0.6 is 0 Å². The molecule has 41 heavy (non-hydrogen) atoms. The number of fused-ring (bicyclic) bond motifs is 1. The SMILES string of the molecule is C=CC(=O)Nc1cccc(Oc2cnc3c(n2)c(-c2cncc(-c4cnn(C)c4)c2)cn3COCC[Si](C)(C)C)c1. The van der Waals surface area contributed by atoms with E-state index in [1.54, 1.807) is 35.1 Å². The van der Waals surface area contributed by atoms with Crippen molar-refractivity contribution in [1.82, 2.24) is 29.3 Å². The maximum absolute atomic E-state index is 11.7. The average Bonchev–Trinajstić information content (AvgIpc) is 3.54. The zero-order valence-electron chi connectivity index (χ0n) is 23.7. The highest BCUT2D eigenvalue weighted by Gasteiger charge is 2.17. The molecule has 0 saturated carbocycles. The fourth-order valence-corrected chi connectivity index (χ4v) is 4.96. The Morgan fingerprint density at radius 3 is 2.66 bits per heavy atom. The number of aromatic nitrogens is 6. The van der Waals surface area contributed by atoms with Gasteiger partial charge in [0.05, 0.1) is 12.4 Å². The van der Waals surface area contributed by atoms with Crippen molar-refractivity contribution in [2.45, 2.75) is 32.4 Å². The lowest BCUT2D eigenvalue weighted by Gasteiger charge is -2.15. The van der Waals surface area contributed by atoms with Crippen molar-refractivity contribution in [2.75, 3.05) is 11.9 Å². The molecular weight excluding hydrogens is 534 g/mol. The number of pyridine rings is 1. The number of benzene rings is 1. The molecule has 1 amide bonds. The van der Waals surface area contributed by atoms with Gasteiger partial charge >= 0.3 is 0 Å². The highest BCUT2D eigenvalue weighted by molar-refractivity contribution is 6.76. The highest BCUT2D eigenvalue weighted by atomic mass is 28.3. The van der Waals surface area contributed by atoms with Crippen LogP contribution in [-0.2, 0) is 23.3 Å². The van der Waals surface area contributed by atoms with E-state index in [0.717, 1.165) is 28.3 Å². The lowest BCUT2D eigenvalue weighted by Crippen LogP contribution is -2.22. The van der Waals surface area contributed by atoms with Crippen molar-refractivity contribution in [2.24, 2.45) is 7.05 Å². The molecule has 5 aromatic rings. The van der Waals surface area contributed by atoms with E-state index in [2.05, 4.69) is 47.7 Å². The molecule has 0 aliphatic heterocycles. The summed E-state index contributed by atoms with van der Waals surface area (Å²) < 4.78 is 15.8. The summed E-state index contributed by atoms with van der Waals surface area (Å²) in [5.41, 5.74) is 5.59. The third kappa shape index (κ3) is 6.94. The van der Waals surface area contributed by atoms with Crippen molar-refractivity contribution in [1.29, 1.82) is 0 Å². The van der Waals surface area contributed by atoms with E-state index in [4.69, 9.17) is 19.4 Å². The van der Waals surface area contributed by atoms with Crippen LogP contribution in [0.2, 0.25) is 25.7 Å². The minimum absolute atomic E-state index is 0.302. The lowest BCUT2D eigenvalue weighted by molar-refractivity contribution is -0.111. The lowest BCUT2D eigenvalue weighted by atomic mass is 10.1. The average molecular weight is 568 g/mol. The molecule has 4 aromatic heterocycles. The number of nitrogens with zero attached hydrogens (tertiary/aromatic N) is 6. The number of rotatable bonds is 11. The number of carbonyl (C=O) groups excluding carboxylic acids is 1. The second kappa shape index (κ2) is 11.9. The van der Waals surface area contributed by atoms with Crippen LogP contribution in [0.3, 0.4) is 0 Å². The molecule has 11 heteroatoms. The number of hydrogen-bond donors (Lipinski definition) is 1. The first kappa shape index (κ1) is 27.9. The minimum atomic E-state index is -1.22. The van der Waals surface area contributed by atoms with Crippen LogP contribution in [0.25, 0.3) is 33.4 Å². The molecule has 5 rings (SSSR count). The van der Waals surface area contributed by atoms with Crippen LogP contribution in [-0.4, -0.2) is 49.9 Å². The second-order valence-electron chi connectivity index (χ2n) is 10.9. The Hall–Kier alpha value is -4.61. The number of aryl methyl sites for hydroxylation is 1. The highest BCUT2D eigenvalue weighted by Crippen LogP contribution is 2.33. The van der Waals surface area contributed by atoms with Gasteiger partial charge in [-0.05, 0) is 30.3 Å². The molecule has 0 spiro atoms. The summed E-state index contributed by atoms with van der Waals surface area (Å²) in [7, 11) is 0.670. The Bertz CT molecular complexity index is 1700. The Morgan fingerprint density at radius 2 is 1.90 bits per heavy atom. The van der Waals surface area contributed by atoms with Gasteiger partial charge in [-0.3, -0.25) is 14.5 Å². The van der Waals surface area contributed by atoms with E-state index in [1.807, 2.05) is 42.6 Å². The summed E-state index contributed by atoms with van der Waals surface area (Å²) >= 11 is 0. The van der Waals surface area contributed by atoms with Crippen molar-refractivity contribution >= 4 is 30.8 Å². The van der Waals surface area contributed by atoms with Gasteiger partial charge in [0.2, 0.25) is 11.8 Å². The fourth-order valence-electron chi connectivity index (χ4n) is 4.20. The molecule has 0 bridgehead atoms. The zero-order chi connectivity index (χ0) is 29.0.